The van der Waals surface area contributed by atoms with E-state index in [1.807, 2.05) is 0 Å². The molecule has 1 aromatic carbocycles. The summed E-state index contributed by atoms with van der Waals surface area (Å²) in [6.45, 7) is 1.55. The molecule has 1 aliphatic carbocycles. The molecule has 0 heterocycles. The van der Waals surface area contributed by atoms with E-state index in [1.54, 1.807) is 6.92 Å². The van der Waals surface area contributed by atoms with Gasteiger partial charge in [-0.1, -0.05) is 0 Å². The van der Waals surface area contributed by atoms with Crippen LogP contribution < -0.4 is 0 Å². The van der Waals surface area contributed by atoms with Crippen LogP contribution in [0.4, 0.5) is 8.78 Å². The second-order valence-electron chi connectivity index (χ2n) is 4.60. The highest BCUT2D eigenvalue weighted by molar-refractivity contribution is 7.90. The summed E-state index contributed by atoms with van der Waals surface area (Å²) >= 11 is 0. The van der Waals surface area contributed by atoms with Crippen molar-refractivity contribution in [1.29, 1.82) is 0 Å². The molecule has 0 N–H and O–H groups in total. The molecule has 1 unspecified atom stereocenters. The van der Waals surface area contributed by atoms with Crippen LogP contribution in [0.5, 0.6) is 0 Å². The summed E-state index contributed by atoms with van der Waals surface area (Å²) < 4.78 is 51.9. The summed E-state index contributed by atoms with van der Waals surface area (Å²) in [5.74, 6) is -1.17. The first kappa shape index (κ1) is 13.4. The van der Waals surface area contributed by atoms with Crippen LogP contribution in [-0.2, 0) is 10.0 Å². The number of sulfonamides is 1. The topological polar surface area (TPSA) is 37.4 Å². The van der Waals surface area contributed by atoms with Gasteiger partial charge in [-0.25, -0.2) is 17.2 Å². The number of hydrogen-bond acceptors (Lipinski definition) is 2. The van der Waals surface area contributed by atoms with Crippen LogP contribution in [0.3, 0.4) is 0 Å². The molecule has 1 aromatic rings. The Labute approximate surface area is 105 Å². The SMILES string of the molecule is CC(c1cc(F)ccc1F)N(C)S(=O)(=O)C1CC1. The van der Waals surface area contributed by atoms with Gasteiger partial charge in [0.1, 0.15) is 11.6 Å². The van der Waals surface area contributed by atoms with Gasteiger partial charge in [0.15, 0.2) is 0 Å². The first-order chi connectivity index (χ1) is 8.34. The maximum absolute atomic E-state index is 13.6. The van der Waals surface area contributed by atoms with Gasteiger partial charge in [0.05, 0.1) is 5.25 Å². The quantitative estimate of drug-likeness (QED) is 0.846. The molecule has 0 aliphatic heterocycles. The summed E-state index contributed by atoms with van der Waals surface area (Å²) in [4.78, 5) is 0. The van der Waals surface area contributed by atoms with Crippen molar-refractivity contribution in [2.24, 2.45) is 0 Å². The van der Waals surface area contributed by atoms with Crippen LogP contribution in [0, 0.1) is 11.6 Å². The summed E-state index contributed by atoms with van der Waals surface area (Å²) in [6, 6.07) is 2.35. The van der Waals surface area contributed by atoms with Gasteiger partial charge in [-0.3, -0.25) is 0 Å². The molecular weight excluding hydrogens is 260 g/mol. The second-order valence-corrected chi connectivity index (χ2v) is 6.87. The Balaban J connectivity index is 2.30. The Bertz CT molecular complexity index is 555. The van der Waals surface area contributed by atoms with Gasteiger partial charge in [0, 0.05) is 18.7 Å². The predicted molar refractivity (Wildman–Crippen MR) is 64.5 cm³/mol. The molecule has 100 valence electrons. The number of halogens is 2. The molecule has 0 aromatic heterocycles. The van der Waals surface area contributed by atoms with Crippen LogP contribution in [0.15, 0.2) is 18.2 Å². The van der Waals surface area contributed by atoms with E-state index >= 15 is 0 Å². The van der Waals surface area contributed by atoms with E-state index in [-0.39, 0.29) is 10.8 Å². The molecule has 0 amide bonds. The van der Waals surface area contributed by atoms with Crippen LogP contribution in [-0.4, -0.2) is 25.0 Å². The number of rotatable bonds is 4. The molecule has 0 saturated heterocycles. The van der Waals surface area contributed by atoms with Gasteiger partial charge in [0.25, 0.3) is 0 Å². The third-order valence-electron chi connectivity index (χ3n) is 3.30. The summed E-state index contributed by atoms with van der Waals surface area (Å²) in [5.41, 5.74) is 0.0572. The Hall–Kier alpha value is -1.01. The van der Waals surface area contributed by atoms with Crippen molar-refractivity contribution < 1.29 is 17.2 Å². The van der Waals surface area contributed by atoms with Crippen LogP contribution >= 0.6 is 0 Å². The fraction of sp³-hybridized carbons (Fsp3) is 0.500. The highest BCUT2D eigenvalue weighted by Gasteiger charge is 2.40. The fourth-order valence-electron chi connectivity index (χ4n) is 1.85. The summed E-state index contributed by atoms with van der Waals surface area (Å²) in [5, 5.41) is -0.360. The van der Waals surface area contributed by atoms with Gasteiger partial charge in [-0.15, -0.1) is 0 Å². The maximum atomic E-state index is 13.6. The van der Waals surface area contributed by atoms with Gasteiger partial charge in [-0.05, 0) is 38.0 Å². The molecule has 2 rings (SSSR count). The van der Waals surface area contributed by atoms with Crippen LogP contribution in [0.2, 0.25) is 0 Å². The molecule has 1 fully saturated rings. The highest BCUT2D eigenvalue weighted by Crippen LogP contribution is 2.34. The standard InChI is InChI=1S/C12H15F2NO2S/c1-8(11-7-9(13)3-6-12(11)14)15(2)18(16,17)10-4-5-10/h3,6-8,10H,4-5H2,1-2H3. The highest BCUT2D eigenvalue weighted by atomic mass is 32.2. The third-order valence-corrected chi connectivity index (χ3v) is 5.73. The number of hydrogen-bond donors (Lipinski definition) is 0. The lowest BCUT2D eigenvalue weighted by Gasteiger charge is -2.25. The Morgan fingerprint density at radius 1 is 1.33 bits per heavy atom. The van der Waals surface area contributed by atoms with Gasteiger partial charge < -0.3 is 0 Å². The van der Waals surface area contributed by atoms with Crippen LogP contribution in [0.1, 0.15) is 31.4 Å². The number of nitrogens with zero attached hydrogens (tertiary/aromatic N) is 1. The lowest BCUT2D eigenvalue weighted by atomic mass is 10.1. The zero-order valence-electron chi connectivity index (χ0n) is 10.2. The lowest BCUT2D eigenvalue weighted by Crippen LogP contribution is -2.32. The van der Waals surface area contributed by atoms with E-state index < -0.39 is 27.7 Å². The molecule has 0 spiro atoms. The normalized spacial score (nSPS) is 18.1. The minimum atomic E-state index is -3.40. The lowest BCUT2D eigenvalue weighted by molar-refractivity contribution is 0.385. The van der Waals surface area contributed by atoms with Gasteiger partial charge >= 0.3 is 0 Å². The Morgan fingerprint density at radius 3 is 2.50 bits per heavy atom. The van der Waals surface area contributed by atoms with Crippen LogP contribution in [0.25, 0.3) is 0 Å². The van der Waals surface area contributed by atoms with Gasteiger partial charge in [0.2, 0.25) is 10.0 Å². The van der Waals surface area contributed by atoms with E-state index in [9.17, 15) is 17.2 Å². The third kappa shape index (κ3) is 2.40. The van der Waals surface area contributed by atoms with E-state index in [1.165, 1.54) is 7.05 Å². The molecule has 1 atom stereocenters. The van der Waals surface area contributed by atoms with Crippen molar-refractivity contribution in [3.63, 3.8) is 0 Å². The van der Waals surface area contributed by atoms with Crippen molar-refractivity contribution >= 4 is 10.0 Å². The predicted octanol–water partition coefficient (Wildman–Crippen LogP) is 2.45. The first-order valence-corrected chi connectivity index (χ1v) is 7.26. The van der Waals surface area contributed by atoms with E-state index in [4.69, 9.17) is 0 Å². The monoisotopic (exact) mass is 275 g/mol. The average molecular weight is 275 g/mol. The van der Waals surface area contributed by atoms with E-state index in [0.29, 0.717) is 12.8 Å². The van der Waals surface area contributed by atoms with Crippen molar-refractivity contribution in [2.75, 3.05) is 7.05 Å². The fourth-order valence-corrected chi connectivity index (χ4v) is 3.61. The van der Waals surface area contributed by atoms with Crippen molar-refractivity contribution in [1.82, 2.24) is 4.31 Å². The number of benzene rings is 1. The molecule has 0 bridgehead atoms. The van der Waals surface area contributed by atoms with Crippen molar-refractivity contribution in [2.45, 2.75) is 31.1 Å². The first-order valence-electron chi connectivity index (χ1n) is 5.76. The van der Waals surface area contributed by atoms with Crippen molar-refractivity contribution in [3.05, 3.63) is 35.4 Å². The summed E-state index contributed by atoms with van der Waals surface area (Å²) in [6.07, 6.45) is 1.29. The summed E-state index contributed by atoms with van der Waals surface area (Å²) in [7, 11) is -1.99. The maximum Gasteiger partial charge on any atom is 0.217 e. The zero-order valence-corrected chi connectivity index (χ0v) is 11.0. The van der Waals surface area contributed by atoms with Gasteiger partial charge in [-0.2, -0.15) is 4.31 Å². The molecular formula is C12H15F2NO2S. The molecule has 1 aliphatic rings. The smallest absolute Gasteiger partial charge is 0.212 e. The Morgan fingerprint density at radius 2 is 1.94 bits per heavy atom. The second kappa shape index (κ2) is 4.59. The molecule has 18 heavy (non-hydrogen) atoms. The Kier molecular flexibility index (Phi) is 3.42. The minimum absolute atomic E-state index is 0.0572. The average Bonchev–Trinajstić information content (AvgIpc) is 3.14. The zero-order chi connectivity index (χ0) is 13.5. The minimum Gasteiger partial charge on any atom is -0.212 e. The van der Waals surface area contributed by atoms with Crippen molar-refractivity contribution in [3.8, 4) is 0 Å². The van der Waals surface area contributed by atoms with E-state index in [0.717, 1.165) is 22.5 Å². The molecule has 0 radical (unpaired) electrons. The molecule has 6 heteroatoms. The van der Waals surface area contributed by atoms with E-state index in [2.05, 4.69) is 0 Å². The largest absolute Gasteiger partial charge is 0.217 e. The molecule has 3 nitrogen and oxygen atoms in total. The molecule has 1 saturated carbocycles.